The molecule has 0 amide bonds. The second kappa shape index (κ2) is 3.99. The predicted molar refractivity (Wildman–Crippen MR) is 61.1 cm³/mol. The first-order valence-corrected chi connectivity index (χ1v) is 5.82. The summed E-state index contributed by atoms with van der Waals surface area (Å²) >= 11 is 3.41. The number of rotatable bonds is 3. The number of aromatic nitrogens is 1. The van der Waals surface area contributed by atoms with Gasteiger partial charge < -0.3 is 5.73 Å². The monoisotopic (exact) mass is 254 g/mol. The van der Waals surface area contributed by atoms with Gasteiger partial charge in [-0.2, -0.15) is 0 Å². The van der Waals surface area contributed by atoms with Crippen molar-refractivity contribution in [2.45, 2.75) is 32.2 Å². The highest BCUT2D eigenvalue weighted by atomic mass is 79.9. The van der Waals surface area contributed by atoms with Crippen molar-refractivity contribution in [2.24, 2.45) is 11.7 Å². The van der Waals surface area contributed by atoms with Crippen LogP contribution in [0.3, 0.4) is 0 Å². The zero-order valence-corrected chi connectivity index (χ0v) is 9.92. The summed E-state index contributed by atoms with van der Waals surface area (Å²) in [5.74, 6) is 0.750. The summed E-state index contributed by atoms with van der Waals surface area (Å²) in [7, 11) is 0. The van der Waals surface area contributed by atoms with E-state index in [2.05, 4.69) is 33.9 Å². The molecule has 2 rings (SSSR count). The summed E-state index contributed by atoms with van der Waals surface area (Å²) in [5, 5.41) is 0. The topological polar surface area (TPSA) is 38.9 Å². The lowest BCUT2D eigenvalue weighted by Crippen LogP contribution is -2.25. The van der Waals surface area contributed by atoms with Gasteiger partial charge in [-0.1, -0.05) is 0 Å². The van der Waals surface area contributed by atoms with Gasteiger partial charge in [-0.15, -0.1) is 0 Å². The highest BCUT2D eigenvalue weighted by Gasteiger charge is 2.28. The van der Waals surface area contributed by atoms with Gasteiger partial charge in [0.25, 0.3) is 0 Å². The van der Waals surface area contributed by atoms with Gasteiger partial charge in [0.15, 0.2) is 0 Å². The molecular weight excluding hydrogens is 240 g/mol. The van der Waals surface area contributed by atoms with Crippen LogP contribution >= 0.6 is 15.9 Å². The van der Waals surface area contributed by atoms with Crippen LogP contribution in [-0.2, 0) is 6.42 Å². The Morgan fingerprint density at radius 2 is 2.36 bits per heavy atom. The van der Waals surface area contributed by atoms with Gasteiger partial charge in [-0.25, -0.2) is 0 Å². The Bertz CT molecular complexity index is 334. The lowest BCUT2D eigenvalue weighted by Gasteiger charge is -2.11. The minimum Gasteiger partial charge on any atom is -0.327 e. The highest BCUT2D eigenvalue weighted by Crippen LogP contribution is 2.33. The molecule has 2 N–H and O–H groups in total. The number of pyridine rings is 1. The Morgan fingerprint density at radius 3 is 2.93 bits per heavy atom. The molecule has 2 nitrogen and oxygen atoms in total. The fraction of sp³-hybridized carbons (Fsp3) is 0.545. The van der Waals surface area contributed by atoms with E-state index in [9.17, 15) is 0 Å². The molecule has 0 aliphatic heterocycles. The van der Waals surface area contributed by atoms with Crippen LogP contribution < -0.4 is 5.73 Å². The first-order valence-electron chi connectivity index (χ1n) is 5.03. The minimum atomic E-state index is 0.308. The van der Waals surface area contributed by atoms with Crippen molar-refractivity contribution >= 4 is 15.9 Å². The molecule has 3 heteroatoms. The molecule has 1 heterocycles. The van der Waals surface area contributed by atoms with Gasteiger partial charge >= 0.3 is 0 Å². The van der Waals surface area contributed by atoms with Crippen LogP contribution in [0.5, 0.6) is 0 Å². The molecule has 1 saturated carbocycles. The SMILES string of the molecule is Cc1cc(Br)cnc1CC(N)C1CC1. The second-order valence-corrected chi connectivity index (χ2v) is 5.04. The van der Waals surface area contributed by atoms with Crippen LogP contribution in [0.25, 0.3) is 0 Å². The molecule has 1 aromatic heterocycles. The van der Waals surface area contributed by atoms with Crippen molar-refractivity contribution in [3.63, 3.8) is 0 Å². The normalized spacial score (nSPS) is 18.2. The summed E-state index contributed by atoms with van der Waals surface area (Å²) < 4.78 is 1.04. The number of hydrogen-bond donors (Lipinski definition) is 1. The molecule has 1 atom stereocenters. The van der Waals surface area contributed by atoms with E-state index in [0.29, 0.717) is 6.04 Å². The average Bonchev–Trinajstić information content (AvgIpc) is 2.92. The summed E-state index contributed by atoms with van der Waals surface area (Å²) in [4.78, 5) is 4.40. The molecule has 1 aromatic rings. The van der Waals surface area contributed by atoms with E-state index in [1.807, 2.05) is 6.20 Å². The standard InChI is InChI=1S/C11H15BrN2/c1-7-4-9(12)6-14-11(7)5-10(13)8-2-3-8/h4,6,8,10H,2-3,5,13H2,1H3. The molecular formula is C11H15BrN2. The van der Waals surface area contributed by atoms with E-state index in [1.54, 1.807) is 0 Å². The van der Waals surface area contributed by atoms with E-state index in [4.69, 9.17) is 5.73 Å². The average molecular weight is 255 g/mol. The third-order valence-electron chi connectivity index (χ3n) is 2.81. The maximum absolute atomic E-state index is 6.07. The largest absolute Gasteiger partial charge is 0.327 e. The van der Waals surface area contributed by atoms with Crippen LogP contribution in [0.4, 0.5) is 0 Å². The zero-order chi connectivity index (χ0) is 10.1. The maximum atomic E-state index is 6.07. The van der Waals surface area contributed by atoms with Gasteiger partial charge in [0.1, 0.15) is 0 Å². The minimum absolute atomic E-state index is 0.308. The quantitative estimate of drug-likeness (QED) is 0.900. The lowest BCUT2D eigenvalue weighted by molar-refractivity contribution is 0.582. The second-order valence-electron chi connectivity index (χ2n) is 4.12. The summed E-state index contributed by atoms with van der Waals surface area (Å²) in [6.45, 7) is 2.09. The van der Waals surface area contributed by atoms with Gasteiger partial charge in [-0.3, -0.25) is 4.98 Å². The zero-order valence-electron chi connectivity index (χ0n) is 8.33. The predicted octanol–water partition coefficient (Wildman–Crippen LogP) is 2.43. The molecule has 1 aliphatic carbocycles. The van der Waals surface area contributed by atoms with Gasteiger partial charge in [0.2, 0.25) is 0 Å². The molecule has 1 aliphatic rings. The van der Waals surface area contributed by atoms with E-state index in [1.165, 1.54) is 18.4 Å². The Morgan fingerprint density at radius 1 is 1.64 bits per heavy atom. The van der Waals surface area contributed by atoms with Crippen LogP contribution in [0, 0.1) is 12.8 Å². The van der Waals surface area contributed by atoms with Crippen LogP contribution in [-0.4, -0.2) is 11.0 Å². The van der Waals surface area contributed by atoms with E-state index >= 15 is 0 Å². The van der Waals surface area contributed by atoms with E-state index < -0.39 is 0 Å². The maximum Gasteiger partial charge on any atom is 0.0449 e. The molecule has 0 saturated heterocycles. The van der Waals surface area contributed by atoms with Crippen LogP contribution in [0.15, 0.2) is 16.7 Å². The smallest absolute Gasteiger partial charge is 0.0449 e. The molecule has 0 radical (unpaired) electrons. The fourth-order valence-corrected chi connectivity index (χ4v) is 2.14. The molecule has 1 fully saturated rings. The fourth-order valence-electron chi connectivity index (χ4n) is 1.70. The lowest BCUT2D eigenvalue weighted by atomic mass is 10.0. The Kier molecular flexibility index (Phi) is 2.88. The molecule has 1 unspecified atom stereocenters. The number of aryl methyl sites for hydroxylation is 1. The van der Waals surface area contributed by atoms with Crippen molar-refractivity contribution in [3.05, 3.63) is 28.0 Å². The van der Waals surface area contributed by atoms with Crippen molar-refractivity contribution in [1.82, 2.24) is 4.98 Å². The third-order valence-corrected chi connectivity index (χ3v) is 3.24. The number of halogens is 1. The number of nitrogens with two attached hydrogens (primary N) is 1. The molecule has 0 aromatic carbocycles. The van der Waals surface area contributed by atoms with Crippen LogP contribution in [0.1, 0.15) is 24.1 Å². The van der Waals surface area contributed by atoms with Crippen molar-refractivity contribution in [1.29, 1.82) is 0 Å². The molecule has 14 heavy (non-hydrogen) atoms. The summed E-state index contributed by atoms with van der Waals surface area (Å²) in [6.07, 6.45) is 5.37. The first kappa shape index (κ1) is 10.1. The Labute approximate surface area is 93.0 Å². The highest BCUT2D eigenvalue weighted by molar-refractivity contribution is 9.10. The third kappa shape index (κ3) is 2.34. The first-order chi connectivity index (χ1) is 6.66. The summed E-state index contributed by atoms with van der Waals surface area (Å²) in [5.41, 5.74) is 8.44. The van der Waals surface area contributed by atoms with Gasteiger partial charge in [0.05, 0.1) is 0 Å². The van der Waals surface area contributed by atoms with Gasteiger partial charge in [-0.05, 0) is 53.2 Å². The number of nitrogens with zero attached hydrogens (tertiary/aromatic N) is 1. The molecule has 0 bridgehead atoms. The Hall–Kier alpha value is -0.410. The van der Waals surface area contributed by atoms with Crippen molar-refractivity contribution in [2.75, 3.05) is 0 Å². The molecule has 0 spiro atoms. The van der Waals surface area contributed by atoms with Crippen molar-refractivity contribution in [3.8, 4) is 0 Å². The van der Waals surface area contributed by atoms with E-state index in [0.717, 1.165) is 22.5 Å². The summed E-state index contributed by atoms with van der Waals surface area (Å²) in [6, 6.07) is 2.41. The molecule has 76 valence electrons. The number of hydrogen-bond acceptors (Lipinski definition) is 2. The van der Waals surface area contributed by atoms with Gasteiger partial charge in [0, 0.05) is 28.8 Å². The Balaban J connectivity index is 2.07. The van der Waals surface area contributed by atoms with Crippen molar-refractivity contribution < 1.29 is 0 Å². The van der Waals surface area contributed by atoms with Crippen LogP contribution in [0.2, 0.25) is 0 Å². The van der Waals surface area contributed by atoms with E-state index in [-0.39, 0.29) is 0 Å².